The fourth-order valence-electron chi connectivity index (χ4n) is 2.75. The average molecular weight is 302 g/mol. The molecule has 0 radical (unpaired) electrons. The van der Waals surface area contributed by atoms with Gasteiger partial charge in [-0.15, -0.1) is 11.3 Å². The molecule has 1 N–H and O–H groups in total. The van der Waals surface area contributed by atoms with Gasteiger partial charge in [-0.25, -0.2) is 9.78 Å². The van der Waals surface area contributed by atoms with E-state index < -0.39 is 0 Å². The Balaban J connectivity index is 1.89. The van der Waals surface area contributed by atoms with Crippen LogP contribution in [-0.4, -0.2) is 18.1 Å². The zero-order chi connectivity index (χ0) is 14.8. The molecule has 0 aliphatic heterocycles. The highest BCUT2D eigenvalue weighted by Crippen LogP contribution is 2.32. The summed E-state index contributed by atoms with van der Waals surface area (Å²) in [4.78, 5) is 16.9. The van der Waals surface area contributed by atoms with Gasteiger partial charge < -0.3 is 10.1 Å². The summed E-state index contributed by atoms with van der Waals surface area (Å²) in [6.07, 6.45) is 4.75. The summed E-state index contributed by atoms with van der Waals surface area (Å²) >= 11 is 1.48. The van der Waals surface area contributed by atoms with Crippen LogP contribution in [0, 0.1) is 6.92 Å². The number of thiazole rings is 1. The van der Waals surface area contributed by atoms with Crippen molar-refractivity contribution < 1.29 is 9.53 Å². The summed E-state index contributed by atoms with van der Waals surface area (Å²) < 4.78 is 4.75. The minimum atomic E-state index is -0.383. The van der Waals surface area contributed by atoms with E-state index in [1.165, 1.54) is 42.4 Å². The Morgan fingerprint density at radius 1 is 1.33 bits per heavy atom. The third-order valence-electron chi connectivity index (χ3n) is 3.81. The Labute approximate surface area is 128 Å². The van der Waals surface area contributed by atoms with E-state index in [2.05, 4.69) is 28.5 Å². The number of methoxy groups -OCH3 is 1. The molecule has 2 aromatic rings. The topological polar surface area (TPSA) is 51.2 Å². The first-order chi connectivity index (χ1) is 10.2. The standard InChI is InChI=1S/C16H18N2O2S/c1-10-14(15(19)20-2)18-16(21-10)17-13-9-5-7-11-6-3-4-8-12(11)13/h5,7,9H,3-4,6,8H2,1-2H3,(H,17,18). The van der Waals surface area contributed by atoms with Crippen molar-refractivity contribution in [3.8, 4) is 0 Å². The number of fused-ring (bicyclic) bond motifs is 1. The van der Waals surface area contributed by atoms with E-state index >= 15 is 0 Å². The fraction of sp³-hybridized carbons (Fsp3) is 0.375. The number of carbonyl (C=O) groups is 1. The second kappa shape index (κ2) is 5.85. The number of nitrogens with zero attached hydrogens (tertiary/aromatic N) is 1. The number of rotatable bonds is 3. The molecule has 3 rings (SSSR count). The van der Waals surface area contributed by atoms with Gasteiger partial charge in [0.15, 0.2) is 10.8 Å². The monoisotopic (exact) mass is 302 g/mol. The summed E-state index contributed by atoms with van der Waals surface area (Å²) in [5, 5.41) is 4.11. The van der Waals surface area contributed by atoms with Crippen molar-refractivity contribution >= 4 is 28.1 Å². The molecule has 1 aliphatic carbocycles. The molecule has 0 saturated heterocycles. The smallest absolute Gasteiger partial charge is 0.357 e. The number of carbonyl (C=O) groups excluding carboxylic acids is 1. The van der Waals surface area contributed by atoms with Crippen LogP contribution < -0.4 is 5.32 Å². The Morgan fingerprint density at radius 3 is 2.95 bits per heavy atom. The van der Waals surface area contributed by atoms with Crippen molar-refractivity contribution in [1.29, 1.82) is 0 Å². The number of hydrogen-bond acceptors (Lipinski definition) is 5. The molecule has 1 heterocycles. The normalized spacial score (nSPS) is 13.6. The Morgan fingerprint density at radius 2 is 2.14 bits per heavy atom. The van der Waals surface area contributed by atoms with E-state index in [1.54, 1.807) is 0 Å². The lowest BCUT2D eigenvalue weighted by Gasteiger charge is -2.19. The van der Waals surface area contributed by atoms with E-state index in [0.717, 1.165) is 28.5 Å². The maximum absolute atomic E-state index is 11.6. The summed E-state index contributed by atoms with van der Waals surface area (Å²) in [7, 11) is 1.38. The molecule has 0 spiro atoms. The van der Waals surface area contributed by atoms with Gasteiger partial charge >= 0.3 is 5.97 Å². The molecule has 21 heavy (non-hydrogen) atoms. The van der Waals surface area contributed by atoms with Crippen molar-refractivity contribution in [2.45, 2.75) is 32.6 Å². The molecule has 0 saturated carbocycles. The first-order valence-electron chi connectivity index (χ1n) is 7.12. The zero-order valence-electron chi connectivity index (χ0n) is 12.2. The van der Waals surface area contributed by atoms with Gasteiger partial charge in [0.2, 0.25) is 0 Å². The summed E-state index contributed by atoms with van der Waals surface area (Å²) in [5.74, 6) is -0.383. The van der Waals surface area contributed by atoms with E-state index in [0.29, 0.717) is 5.69 Å². The van der Waals surface area contributed by atoms with Crippen LogP contribution in [0.1, 0.15) is 39.3 Å². The molecule has 0 unspecified atom stereocenters. The van der Waals surface area contributed by atoms with Gasteiger partial charge in [0.25, 0.3) is 0 Å². The number of esters is 1. The Hall–Kier alpha value is -1.88. The van der Waals surface area contributed by atoms with E-state index in [-0.39, 0.29) is 5.97 Å². The minimum Gasteiger partial charge on any atom is -0.464 e. The number of benzene rings is 1. The second-order valence-electron chi connectivity index (χ2n) is 5.19. The third-order valence-corrected chi connectivity index (χ3v) is 4.70. The van der Waals surface area contributed by atoms with Gasteiger partial charge in [-0.2, -0.15) is 0 Å². The second-order valence-corrected chi connectivity index (χ2v) is 6.39. The number of anilines is 2. The van der Waals surface area contributed by atoms with Crippen molar-refractivity contribution in [3.05, 3.63) is 39.9 Å². The van der Waals surface area contributed by atoms with Crippen LogP contribution in [0.15, 0.2) is 18.2 Å². The molecule has 1 aromatic carbocycles. The van der Waals surface area contributed by atoms with Gasteiger partial charge in [0.05, 0.1) is 7.11 Å². The average Bonchev–Trinajstić information content (AvgIpc) is 2.87. The third kappa shape index (κ3) is 2.78. The number of aromatic nitrogens is 1. The molecular formula is C16H18N2O2S. The SMILES string of the molecule is COC(=O)c1nc(Nc2cccc3c2CCCC3)sc1C. The van der Waals surface area contributed by atoms with E-state index in [9.17, 15) is 4.79 Å². The van der Waals surface area contributed by atoms with Crippen molar-refractivity contribution in [3.63, 3.8) is 0 Å². The number of aryl methyl sites for hydroxylation is 2. The summed E-state index contributed by atoms with van der Waals surface area (Å²) in [5.41, 5.74) is 4.32. The maximum atomic E-state index is 11.6. The van der Waals surface area contributed by atoms with Gasteiger partial charge in [-0.3, -0.25) is 0 Å². The van der Waals surface area contributed by atoms with Crippen molar-refractivity contribution in [2.24, 2.45) is 0 Å². The summed E-state index contributed by atoms with van der Waals surface area (Å²) in [6, 6.07) is 6.36. The molecule has 0 amide bonds. The Bertz CT molecular complexity index is 679. The minimum absolute atomic E-state index is 0.383. The van der Waals surface area contributed by atoms with Gasteiger partial charge in [0.1, 0.15) is 0 Å². The highest BCUT2D eigenvalue weighted by atomic mass is 32.1. The van der Waals surface area contributed by atoms with Crippen molar-refractivity contribution in [1.82, 2.24) is 4.98 Å². The number of hydrogen-bond donors (Lipinski definition) is 1. The molecule has 0 bridgehead atoms. The number of nitrogens with one attached hydrogen (secondary N) is 1. The zero-order valence-corrected chi connectivity index (χ0v) is 13.0. The molecule has 1 aromatic heterocycles. The van der Waals surface area contributed by atoms with Crippen LogP contribution in [0.2, 0.25) is 0 Å². The highest BCUT2D eigenvalue weighted by molar-refractivity contribution is 7.15. The van der Waals surface area contributed by atoms with E-state index in [1.807, 2.05) is 6.92 Å². The fourth-order valence-corrected chi connectivity index (χ4v) is 3.56. The lowest BCUT2D eigenvalue weighted by molar-refractivity contribution is 0.0594. The quantitative estimate of drug-likeness (QED) is 0.875. The van der Waals surface area contributed by atoms with Crippen LogP contribution in [-0.2, 0) is 17.6 Å². The predicted molar refractivity (Wildman–Crippen MR) is 84.6 cm³/mol. The van der Waals surface area contributed by atoms with Gasteiger partial charge in [0, 0.05) is 10.6 Å². The largest absolute Gasteiger partial charge is 0.464 e. The highest BCUT2D eigenvalue weighted by Gasteiger charge is 2.18. The molecule has 5 heteroatoms. The molecule has 0 fully saturated rings. The van der Waals surface area contributed by atoms with Crippen LogP contribution in [0.4, 0.5) is 10.8 Å². The van der Waals surface area contributed by atoms with Crippen molar-refractivity contribution in [2.75, 3.05) is 12.4 Å². The van der Waals surface area contributed by atoms with Gasteiger partial charge in [-0.1, -0.05) is 12.1 Å². The van der Waals surface area contributed by atoms with Crippen LogP contribution in [0.25, 0.3) is 0 Å². The van der Waals surface area contributed by atoms with Gasteiger partial charge in [-0.05, 0) is 49.8 Å². The predicted octanol–water partition coefficient (Wildman–Crippen LogP) is 3.86. The maximum Gasteiger partial charge on any atom is 0.357 e. The molecule has 1 aliphatic rings. The molecule has 4 nitrogen and oxygen atoms in total. The lowest BCUT2D eigenvalue weighted by Crippen LogP contribution is -2.06. The van der Waals surface area contributed by atoms with Crippen LogP contribution in [0.3, 0.4) is 0 Å². The first-order valence-corrected chi connectivity index (χ1v) is 7.94. The molecule has 110 valence electrons. The molecular weight excluding hydrogens is 284 g/mol. The van der Waals surface area contributed by atoms with Crippen LogP contribution >= 0.6 is 11.3 Å². The summed E-state index contributed by atoms with van der Waals surface area (Å²) in [6.45, 7) is 1.88. The Kier molecular flexibility index (Phi) is 3.92. The number of ether oxygens (including phenoxy) is 1. The van der Waals surface area contributed by atoms with E-state index in [4.69, 9.17) is 4.74 Å². The first kappa shape index (κ1) is 14.1. The lowest BCUT2D eigenvalue weighted by atomic mass is 9.90. The molecule has 0 atom stereocenters. The van der Waals surface area contributed by atoms with Crippen LogP contribution in [0.5, 0.6) is 0 Å².